The summed E-state index contributed by atoms with van der Waals surface area (Å²) < 4.78 is 4.83. The molecule has 2 fully saturated rings. The molecule has 0 saturated carbocycles. The van der Waals surface area contributed by atoms with Crippen LogP contribution in [0.5, 0.6) is 0 Å². The minimum Gasteiger partial charge on any atom is -0.463 e. The Morgan fingerprint density at radius 3 is 3.17 bits per heavy atom. The number of hydrogen-bond acceptors (Lipinski definition) is 4. The molecule has 0 aromatic rings. The van der Waals surface area contributed by atoms with Crippen LogP contribution in [0.2, 0.25) is 0 Å². The zero-order chi connectivity index (χ0) is 12.8. The Bertz CT molecular complexity index is 304. The van der Waals surface area contributed by atoms with Crippen molar-refractivity contribution in [2.24, 2.45) is 0 Å². The van der Waals surface area contributed by atoms with Crippen LogP contribution >= 0.6 is 0 Å². The van der Waals surface area contributed by atoms with E-state index in [1.54, 1.807) is 0 Å². The second-order valence-electron chi connectivity index (χ2n) is 5.12. The van der Waals surface area contributed by atoms with Crippen LogP contribution in [0.3, 0.4) is 0 Å². The van der Waals surface area contributed by atoms with Gasteiger partial charge in [-0.05, 0) is 45.7 Å². The van der Waals surface area contributed by atoms with E-state index in [1.165, 1.54) is 44.8 Å². The number of piperidine rings is 1. The maximum atomic E-state index is 11.1. The third kappa shape index (κ3) is 3.82. The van der Waals surface area contributed by atoms with Crippen molar-refractivity contribution in [2.45, 2.75) is 44.7 Å². The molecule has 1 N–H and O–H groups in total. The van der Waals surface area contributed by atoms with Crippen molar-refractivity contribution in [3.63, 3.8) is 0 Å². The lowest BCUT2D eigenvalue weighted by atomic mass is 9.98. The molecule has 2 heterocycles. The van der Waals surface area contributed by atoms with Crippen LogP contribution in [0.25, 0.3) is 0 Å². The molecule has 2 saturated heterocycles. The molecule has 0 spiro atoms. The van der Waals surface area contributed by atoms with Gasteiger partial charge >= 0.3 is 5.97 Å². The van der Waals surface area contributed by atoms with Gasteiger partial charge in [0.25, 0.3) is 0 Å². The van der Waals surface area contributed by atoms with E-state index < -0.39 is 0 Å². The maximum Gasteiger partial charge on any atom is 0.330 e. The van der Waals surface area contributed by atoms with Crippen molar-refractivity contribution < 1.29 is 9.53 Å². The Balaban J connectivity index is 1.63. The highest BCUT2D eigenvalue weighted by atomic mass is 16.5. The molecule has 2 atom stereocenters. The second kappa shape index (κ2) is 6.90. The van der Waals surface area contributed by atoms with Crippen molar-refractivity contribution in [3.8, 4) is 0 Å². The van der Waals surface area contributed by atoms with Gasteiger partial charge < -0.3 is 15.0 Å². The molecule has 0 radical (unpaired) electrons. The molecule has 18 heavy (non-hydrogen) atoms. The average molecular weight is 252 g/mol. The first-order valence-electron chi connectivity index (χ1n) is 7.10. The standard InChI is InChI=1S/C14H24N2O2/c1-2-18-14(17)6-3-8-15-12-7-10-16-9-4-5-13(16)11-12/h3,6,12-13,15H,2,4-5,7-11H2,1H3/b6-3+. The lowest BCUT2D eigenvalue weighted by Crippen LogP contribution is -2.45. The molecule has 2 unspecified atom stereocenters. The number of nitrogens with one attached hydrogen (secondary N) is 1. The Kier molecular flexibility index (Phi) is 5.20. The summed E-state index contributed by atoms with van der Waals surface area (Å²) in [5, 5.41) is 3.51. The molecule has 0 aromatic heterocycles. The number of rotatable bonds is 5. The summed E-state index contributed by atoms with van der Waals surface area (Å²) in [5.41, 5.74) is 0. The Hall–Kier alpha value is -0.870. The molecule has 0 aliphatic carbocycles. The molecule has 0 aromatic carbocycles. The van der Waals surface area contributed by atoms with Gasteiger partial charge in [0.2, 0.25) is 0 Å². The highest BCUT2D eigenvalue weighted by molar-refractivity contribution is 5.81. The van der Waals surface area contributed by atoms with Crippen LogP contribution in [-0.4, -0.2) is 49.2 Å². The second-order valence-corrected chi connectivity index (χ2v) is 5.12. The van der Waals surface area contributed by atoms with Crippen LogP contribution in [0, 0.1) is 0 Å². The lowest BCUT2D eigenvalue weighted by Gasteiger charge is -2.35. The predicted molar refractivity (Wildman–Crippen MR) is 71.4 cm³/mol. The number of nitrogens with zero attached hydrogens (tertiary/aromatic N) is 1. The summed E-state index contributed by atoms with van der Waals surface area (Å²) in [5.74, 6) is -0.245. The quantitative estimate of drug-likeness (QED) is 0.592. The van der Waals surface area contributed by atoms with E-state index in [1.807, 2.05) is 13.0 Å². The topological polar surface area (TPSA) is 41.6 Å². The first-order chi connectivity index (χ1) is 8.79. The van der Waals surface area contributed by atoms with Crippen LogP contribution in [0.15, 0.2) is 12.2 Å². The zero-order valence-electron chi connectivity index (χ0n) is 11.2. The molecule has 2 aliphatic rings. The van der Waals surface area contributed by atoms with E-state index in [4.69, 9.17) is 4.74 Å². The highest BCUT2D eigenvalue weighted by Gasteiger charge is 2.30. The molecular formula is C14H24N2O2. The van der Waals surface area contributed by atoms with Crippen molar-refractivity contribution >= 4 is 5.97 Å². The third-order valence-electron chi connectivity index (χ3n) is 3.89. The molecule has 2 aliphatic heterocycles. The van der Waals surface area contributed by atoms with Gasteiger partial charge in [-0.1, -0.05) is 6.08 Å². The van der Waals surface area contributed by atoms with Crippen molar-refractivity contribution in [3.05, 3.63) is 12.2 Å². The molecule has 0 amide bonds. The summed E-state index contributed by atoms with van der Waals surface area (Å²) >= 11 is 0. The third-order valence-corrected chi connectivity index (χ3v) is 3.89. The van der Waals surface area contributed by atoms with E-state index in [-0.39, 0.29) is 5.97 Å². The zero-order valence-corrected chi connectivity index (χ0v) is 11.2. The van der Waals surface area contributed by atoms with Crippen LogP contribution in [0.4, 0.5) is 0 Å². The van der Waals surface area contributed by atoms with Crippen molar-refractivity contribution in [2.75, 3.05) is 26.2 Å². The lowest BCUT2D eigenvalue weighted by molar-refractivity contribution is -0.137. The number of carbonyl (C=O) groups excluding carboxylic acids is 1. The molecule has 4 nitrogen and oxygen atoms in total. The fourth-order valence-electron chi connectivity index (χ4n) is 2.99. The van der Waals surface area contributed by atoms with Crippen LogP contribution < -0.4 is 5.32 Å². The molecule has 102 valence electrons. The van der Waals surface area contributed by atoms with E-state index in [0.29, 0.717) is 12.6 Å². The number of hydrogen-bond donors (Lipinski definition) is 1. The van der Waals surface area contributed by atoms with Crippen molar-refractivity contribution in [1.29, 1.82) is 0 Å². The predicted octanol–water partition coefficient (Wildman–Crippen LogP) is 1.32. The summed E-state index contributed by atoms with van der Waals surface area (Å²) in [6.07, 6.45) is 8.58. The smallest absolute Gasteiger partial charge is 0.330 e. The van der Waals surface area contributed by atoms with E-state index in [0.717, 1.165) is 12.6 Å². The monoisotopic (exact) mass is 252 g/mol. The normalized spacial score (nSPS) is 28.5. The van der Waals surface area contributed by atoms with E-state index in [2.05, 4.69) is 10.2 Å². The van der Waals surface area contributed by atoms with Gasteiger partial charge in [-0.25, -0.2) is 4.79 Å². The Labute approximate surface area is 109 Å². The number of fused-ring (bicyclic) bond motifs is 1. The number of ether oxygens (including phenoxy) is 1. The molecular weight excluding hydrogens is 228 g/mol. The number of carbonyl (C=O) groups is 1. The largest absolute Gasteiger partial charge is 0.463 e. The van der Waals surface area contributed by atoms with Gasteiger partial charge in [0.05, 0.1) is 6.61 Å². The SMILES string of the molecule is CCOC(=O)/C=C/CNC1CCN2CCCC2C1. The first-order valence-corrected chi connectivity index (χ1v) is 7.10. The summed E-state index contributed by atoms with van der Waals surface area (Å²) in [6.45, 7) is 5.54. The number of esters is 1. The van der Waals surface area contributed by atoms with Gasteiger partial charge in [-0.15, -0.1) is 0 Å². The molecule has 2 rings (SSSR count). The Morgan fingerprint density at radius 2 is 2.33 bits per heavy atom. The maximum absolute atomic E-state index is 11.1. The van der Waals surface area contributed by atoms with E-state index in [9.17, 15) is 4.79 Å². The van der Waals surface area contributed by atoms with Crippen molar-refractivity contribution in [1.82, 2.24) is 10.2 Å². The van der Waals surface area contributed by atoms with Gasteiger partial charge in [-0.3, -0.25) is 0 Å². The Morgan fingerprint density at radius 1 is 1.44 bits per heavy atom. The minimum absolute atomic E-state index is 0.245. The fraction of sp³-hybridized carbons (Fsp3) is 0.786. The summed E-state index contributed by atoms with van der Waals surface area (Å²) in [7, 11) is 0. The van der Waals surface area contributed by atoms with Crippen LogP contribution in [-0.2, 0) is 9.53 Å². The van der Waals surface area contributed by atoms with Gasteiger partial charge in [-0.2, -0.15) is 0 Å². The first kappa shape index (κ1) is 13.6. The highest BCUT2D eigenvalue weighted by Crippen LogP contribution is 2.26. The van der Waals surface area contributed by atoms with Gasteiger partial charge in [0, 0.05) is 24.7 Å². The average Bonchev–Trinajstić information content (AvgIpc) is 2.82. The fourth-order valence-corrected chi connectivity index (χ4v) is 2.99. The minimum atomic E-state index is -0.245. The van der Waals surface area contributed by atoms with E-state index >= 15 is 0 Å². The van der Waals surface area contributed by atoms with Crippen LogP contribution in [0.1, 0.15) is 32.6 Å². The summed E-state index contributed by atoms with van der Waals surface area (Å²) in [4.78, 5) is 13.7. The summed E-state index contributed by atoms with van der Waals surface area (Å²) in [6, 6.07) is 1.40. The van der Waals surface area contributed by atoms with Gasteiger partial charge in [0.1, 0.15) is 0 Å². The molecule has 4 heteroatoms. The molecule has 0 bridgehead atoms. The van der Waals surface area contributed by atoms with Gasteiger partial charge in [0.15, 0.2) is 0 Å².